The van der Waals surface area contributed by atoms with Gasteiger partial charge in [-0.15, -0.1) is 0 Å². The predicted molar refractivity (Wildman–Crippen MR) is 76.8 cm³/mol. The van der Waals surface area contributed by atoms with E-state index in [0.29, 0.717) is 0 Å². The van der Waals surface area contributed by atoms with Gasteiger partial charge in [-0.1, -0.05) is 50.1 Å². The van der Waals surface area contributed by atoms with E-state index in [-0.39, 0.29) is 0 Å². The number of nitrogens with one attached hydrogen (secondary N) is 1. The molecule has 4 unspecified atom stereocenters. The first-order valence-corrected chi connectivity index (χ1v) is 7.64. The lowest BCUT2D eigenvalue weighted by Crippen LogP contribution is -2.31. The van der Waals surface area contributed by atoms with Crippen LogP contribution in [0, 0.1) is 5.92 Å². The van der Waals surface area contributed by atoms with Crippen LogP contribution in [0.5, 0.6) is 0 Å². The molecule has 0 aromatic heterocycles. The average molecular weight is 243 g/mol. The average Bonchev–Trinajstić information content (AvgIpc) is 3.18. The monoisotopic (exact) mass is 243 g/mol. The Morgan fingerprint density at radius 1 is 1.00 bits per heavy atom. The van der Waals surface area contributed by atoms with E-state index in [4.69, 9.17) is 0 Å². The van der Waals surface area contributed by atoms with Gasteiger partial charge in [0.1, 0.15) is 0 Å². The van der Waals surface area contributed by atoms with Gasteiger partial charge in [0, 0.05) is 18.0 Å². The summed E-state index contributed by atoms with van der Waals surface area (Å²) in [6.07, 6.45) is 8.39. The van der Waals surface area contributed by atoms with Gasteiger partial charge in [0.15, 0.2) is 0 Å². The fourth-order valence-corrected chi connectivity index (χ4v) is 3.40. The summed E-state index contributed by atoms with van der Waals surface area (Å²) < 4.78 is 0. The Kier molecular flexibility index (Phi) is 3.69. The third-order valence-electron chi connectivity index (χ3n) is 4.73. The third-order valence-corrected chi connectivity index (χ3v) is 4.73. The fraction of sp³-hybridized carbons (Fsp3) is 0.647. The predicted octanol–water partition coefficient (Wildman–Crippen LogP) is 4.10. The van der Waals surface area contributed by atoms with Crippen LogP contribution in [0.3, 0.4) is 0 Å². The smallest absolute Gasteiger partial charge is 0.0145 e. The minimum Gasteiger partial charge on any atom is -0.311 e. The maximum absolute atomic E-state index is 3.90. The molecule has 3 rings (SSSR count). The van der Waals surface area contributed by atoms with E-state index in [1.165, 1.54) is 44.1 Å². The standard InChI is InChI=1S/C17H25N/c1-13-6-5-9-15(11-10-13)18-17-12-16(17)14-7-3-2-4-8-14/h2-4,7-8,13,15-18H,5-6,9-12H2,1H3. The quantitative estimate of drug-likeness (QED) is 0.788. The molecule has 2 saturated carbocycles. The first kappa shape index (κ1) is 12.2. The molecule has 98 valence electrons. The summed E-state index contributed by atoms with van der Waals surface area (Å²) in [5.41, 5.74) is 1.52. The van der Waals surface area contributed by atoms with Gasteiger partial charge in [-0.05, 0) is 37.2 Å². The molecule has 1 N–H and O–H groups in total. The molecule has 2 fully saturated rings. The number of benzene rings is 1. The number of hydrogen-bond donors (Lipinski definition) is 1. The van der Waals surface area contributed by atoms with Gasteiger partial charge in [0.05, 0.1) is 0 Å². The van der Waals surface area contributed by atoms with Crippen molar-refractivity contribution in [3.63, 3.8) is 0 Å². The van der Waals surface area contributed by atoms with Crippen molar-refractivity contribution in [2.75, 3.05) is 0 Å². The molecule has 18 heavy (non-hydrogen) atoms. The van der Waals surface area contributed by atoms with E-state index in [2.05, 4.69) is 42.6 Å². The van der Waals surface area contributed by atoms with E-state index < -0.39 is 0 Å². The molecule has 2 aliphatic carbocycles. The summed E-state index contributed by atoms with van der Waals surface area (Å²) in [6, 6.07) is 12.5. The SMILES string of the molecule is CC1CCCC(NC2CC2c2ccccc2)CC1. The first-order valence-electron chi connectivity index (χ1n) is 7.64. The second-order valence-corrected chi connectivity index (χ2v) is 6.34. The largest absolute Gasteiger partial charge is 0.311 e. The molecule has 0 radical (unpaired) electrons. The van der Waals surface area contributed by atoms with Crippen molar-refractivity contribution in [1.29, 1.82) is 0 Å². The van der Waals surface area contributed by atoms with E-state index in [0.717, 1.165) is 23.9 Å². The van der Waals surface area contributed by atoms with Crippen molar-refractivity contribution < 1.29 is 0 Å². The zero-order chi connectivity index (χ0) is 12.4. The van der Waals surface area contributed by atoms with Crippen LogP contribution in [0.1, 0.15) is 56.9 Å². The molecule has 2 aliphatic rings. The lowest BCUT2D eigenvalue weighted by molar-refractivity contribution is 0.442. The lowest BCUT2D eigenvalue weighted by atomic mass is 10.0. The zero-order valence-electron chi connectivity index (χ0n) is 11.4. The third kappa shape index (κ3) is 2.95. The highest BCUT2D eigenvalue weighted by Gasteiger charge is 2.39. The minimum absolute atomic E-state index is 0.755. The molecule has 1 aromatic carbocycles. The van der Waals surface area contributed by atoms with E-state index in [1.54, 1.807) is 0 Å². The highest BCUT2D eigenvalue weighted by atomic mass is 15.0. The fourth-order valence-electron chi connectivity index (χ4n) is 3.40. The number of hydrogen-bond acceptors (Lipinski definition) is 1. The van der Waals surface area contributed by atoms with E-state index in [9.17, 15) is 0 Å². The summed E-state index contributed by atoms with van der Waals surface area (Å²) in [5.74, 6) is 1.73. The van der Waals surface area contributed by atoms with Gasteiger partial charge in [-0.25, -0.2) is 0 Å². The summed E-state index contributed by atoms with van der Waals surface area (Å²) in [6.45, 7) is 2.41. The molecule has 0 heterocycles. The Bertz CT molecular complexity index is 372. The van der Waals surface area contributed by atoms with Crippen LogP contribution in [-0.4, -0.2) is 12.1 Å². The van der Waals surface area contributed by atoms with Crippen molar-refractivity contribution in [3.05, 3.63) is 35.9 Å². The molecule has 1 nitrogen and oxygen atoms in total. The molecule has 0 saturated heterocycles. The molecule has 1 heteroatoms. The van der Waals surface area contributed by atoms with Gasteiger partial charge >= 0.3 is 0 Å². The highest BCUT2D eigenvalue weighted by molar-refractivity contribution is 5.27. The van der Waals surface area contributed by atoms with Crippen LogP contribution in [0.4, 0.5) is 0 Å². The Hall–Kier alpha value is -0.820. The van der Waals surface area contributed by atoms with Gasteiger partial charge < -0.3 is 5.32 Å². The van der Waals surface area contributed by atoms with Gasteiger partial charge in [0.25, 0.3) is 0 Å². The molecule has 0 amide bonds. The second kappa shape index (κ2) is 5.44. The Morgan fingerprint density at radius 2 is 1.83 bits per heavy atom. The topological polar surface area (TPSA) is 12.0 Å². The van der Waals surface area contributed by atoms with Crippen LogP contribution in [0.15, 0.2) is 30.3 Å². The Balaban J connectivity index is 1.50. The zero-order valence-corrected chi connectivity index (χ0v) is 11.4. The van der Waals surface area contributed by atoms with E-state index in [1.807, 2.05) is 0 Å². The molecule has 0 spiro atoms. The molecular formula is C17H25N. The van der Waals surface area contributed by atoms with Crippen LogP contribution >= 0.6 is 0 Å². The van der Waals surface area contributed by atoms with Gasteiger partial charge in [-0.3, -0.25) is 0 Å². The van der Waals surface area contributed by atoms with E-state index >= 15 is 0 Å². The minimum atomic E-state index is 0.755. The van der Waals surface area contributed by atoms with Crippen LogP contribution < -0.4 is 5.32 Å². The highest BCUT2D eigenvalue weighted by Crippen LogP contribution is 2.41. The molecule has 1 aromatic rings. The van der Waals surface area contributed by atoms with Gasteiger partial charge in [0.2, 0.25) is 0 Å². The van der Waals surface area contributed by atoms with Crippen LogP contribution in [0.2, 0.25) is 0 Å². The normalized spacial score (nSPS) is 36.1. The van der Waals surface area contributed by atoms with Crippen molar-refractivity contribution in [2.45, 2.75) is 63.5 Å². The van der Waals surface area contributed by atoms with Crippen molar-refractivity contribution in [1.82, 2.24) is 5.32 Å². The summed E-state index contributed by atoms with van der Waals surface area (Å²) in [5, 5.41) is 3.90. The lowest BCUT2D eigenvalue weighted by Gasteiger charge is -2.16. The Labute approximate surface area is 111 Å². The molecule has 0 bridgehead atoms. The maximum Gasteiger partial charge on any atom is 0.0145 e. The Morgan fingerprint density at radius 3 is 2.67 bits per heavy atom. The first-order chi connectivity index (χ1) is 8.83. The van der Waals surface area contributed by atoms with Gasteiger partial charge in [-0.2, -0.15) is 0 Å². The van der Waals surface area contributed by atoms with Crippen molar-refractivity contribution >= 4 is 0 Å². The molecule has 0 aliphatic heterocycles. The summed E-state index contributed by atoms with van der Waals surface area (Å²) in [7, 11) is 0. The van der Waals surface area contributed by atoms with Crippen molar-refractivity contribution in [2.24, 2.45) is 5.92 Å². The second-order valence-electron chi connectivity index (χ2n) is 6.34. The number of rotatable bonds is 3. The summed E-state index contributed by atoms with van der Waals surface area (Å²) >= 11 is 0. The van der Waals surface area contributed by atoms with Crippen LogP contribution in [-0.2, 0) is 0 Å². The molecule has 4 atom stereocenters. The maximum atomic E-state index is 3.90. The summed E-state index contributed by atoms with van der Waals surface area (Å²) in [4.78, 5) is 0. The van der Waals surface area contributed by atoms with Crippen molar-refractivity contribution in [3.8, 4) is 0 Å². The molecular weight excluding hydrogens is 218 g/mol. The van der Waals surface area contributed by atoms with Crippen LogP contribution in [0.25, 0.3) is 0 Å².